The van der Waals surface area contributed by atoms with Gasteiger partial charge in [-0.05, 0) is 54.9 Å². The quantitative estimate of drug-likeness (QED) is 0.685. The largest absolute Gasteiger partial charge is 0.450 e. The summed E-state index contributed by atoms with van der Waals surface area (Å²) in [5, 5.41) is 2.98. The second-order valence-electron chi connectivity index (χ2n) is 8.44. The van der Waals surface area contributed by atoms with Crippen molar-refractivity contribution in [3.05, 3.63) is 35.9 Å². The van der Waals surface area contributed by atoms with Crippen LogP contribution in [0.5, 0.6) is 0 Å². The molecule has 1 aromatic carbocycles. The third-order valence-electron chi connectivity index (χ3n) is 5.13. The zero-order valence-corrected chi connectivity index (χ0v) is 15.6. The Morgan fingerprint density at radius 2 is 1.88 bits per heavy atom. The van der Waals surface area contributed by atoms with Gasteiger partial charge in [-0.3, -0.25) is 0 Å². The third-order valence-corrected chi connectivity index (χ3v) is 5.13. The van der Waals surface area contributed by atoms with Gasteiger partial charge in [0.1, 0.15) is 0 Å². The minimum atomic E-state index is -0.265. The molecular formula is C21H33NO2. The molecule has 1 unspecified atom stereocenters. The Morgan fingerprint density at radius 3 is 2.58 bits per heavy atom. The standard InChI is InChI=1S/C21H33NO2/c1-20(2)13-9-14-21(3,16-20)17-22-19(23)24-15-8-7-12-18-10-5-4-6-11-18/h4-6,10-11H,7-9,12-17H2,1-3H3,(H,22,23). The molecule has 1 atom stereocenters. The van der Waals surface area contributed by atoms with Crippen molar-refractivity contribution in [2.45, 2.75) is 65.7 Å². The molecule has 1 amide bonds. The topological polar surface area (TPSA) is 38.3 Å². The van der Waals surface area contributed by atoms with Crippen molar-refractivity contribution in [3.8, 4) is 0 Å². The van der Waals surface area contributed by atoms with E-state index in [1.54, 1.807) is 0 Å². The van der Waals surface area contributed by atoms with Crippen LogP contribution in [0.25, 0.3) is 0 Å². The van der Waals surface area contributed by atoms with E-state index in [1.807, 2.05) is 6.07 Å². The summed E-state index contributed by atoms with van der Waals surface area (Å²) in [6.07, 6.45) is 7.62. The molecule has 24 heavy (non-hydrogen) atoms. The molecule has 1 N–H and O–H groups in total. The van der Waals surface area contributed by atoms with E-state index in [1.165, 1.54) is 24.8 Å². The zero-order valence-electron chi connectivity index (χ0n) is 15.6. The molecule has 0 spiro atoms. The van der Waals surface area contributed by atoms with Gasteiger partial charge in [0.25, 0.3) is 0 Å². The lowest BCUT2D eigenvalue weighted by atomic mass is 9.64. The molecule has 1 aliphatic rings. The van der Waals surface area contributed by atoms with E-state index in [-0.39, 0.29) is 11.5 Å². The molecule has 1 aliphatic carbocycles. The summed E-state index contributed by atoms with van der Waals surface area (Å²) < 4.78 is 5.32. The van der Waals surface area contributed by atoms with Crippen LogP contribution in [0.1, 0.15) is 64.9 Å². The summed E-state index contributed by atoms with van der Waals surface area (Å²) in [5.74, 6) is 0. The molecule has 0 aliphatic heterocycles. The predicted octanol–water partition coefficient (Wildman–Crippen LogP) is 5.34. The van der Waals surface area contributed by atoms with Crippen LogP contribution in [0.15, 0.2) is 30.3 Å². The second kappa shape index (κ2) is 8.55. The Balaban J connectivity index is 1.58. The van der Waals surface area contributed by atoms with Crippen molar-refractivity contribution < 1.29 is 9.53 Å². The number of nitrogens with one attached hydrogen (secondary N) is 1. The summed E-state index contributed by atoms with van der Waals surface area (Å²) in [6.45, 7) is 8.17. The van der Waals surface area contributed by atoms with Gasteiger partial charge in [-0.2, -0.15) is 0 Å². The number of unbranched alkanes of at least 4 members (excludes halogenated alkanes) is 1. The number of ether oxygens (including phenoxy) is 1. The van der Waals surface area contributed by atoms with E-state index in [2.05, 4.69) is 50.4 Å². The Labute approximate surface area is 147 Å². The average molecular weight is 332 g/mol. The van der Waals surface area contributed by atoms with Crippen molar-refractivity contribution in [1.29, 1.82) is 0 Å². The molecule has 3 nitrogen and oxygen atoms in total. The molecule has 3 heteroatoms. The van der Waals surface area contributed by atoms with Crippen molar-refractivity contribution in [3.63, 3.8) is 0 Å². The molecule has 1 aromatic rings. The molecule has 0 saturated heterocycles. The highest BCUT2D eigenvalue weighted by molar-refractivity contribution is 5.67. The monoisotopic (exact) mass is 331 g/mol. The van der Waals surface area contributed by atoms with E-state index in [9.17, 15) is 4.79 Å². The predicted molar refractivity (Wildman–Crippen MR) is 99.1 cm³/mol. The first-order valence-corrected chi connectivity index (χ1v) is 9.33. The fourth-order valence-corrected chi connectivity index (χ4v) is 4.05. The maximum atomic E-state index is 11.9. The number of hydrogen-bond donors (Lipinski definition) is 1. The molecule has 0 heterocycles. The Bertz CT molecular complexity index is 512. The summed E-state index contributed by atoms with van der Waals surface area (Å²) in [6, 6.07) is 10.4. The van der Waals surface area contributed by atoms with Gasteiger partial charge in [-0.15, -0.1) is 0 Å². The van der Waals surface area contributed by atoms with Gasteiger partial charge < -0.3 is 10.1 Å². The molecular weight excluding hydrogens is 298 g/mol. The average Bonchev–Trinajstić information content (AvgIpc) is 2.52. The Morgan fingerprint density at radius 1 is 1.12 bits per heavy atom. The van der Waals surface area contributed by atoms with Crippen molar-refractivity contribution in [2.75, 3.05) is 13.2 Å². The third kappa shape index (κ3) is 6.54. The summed E-state index contributed by atoms with van der Waals surface area (Å²) in [7, 11) is 0. The van der Waals surface area contributed by atoms with Crippen LogP contribution in [0.3, 0.4) is 0 Å². The van der Waals surface area contributed by atoms with Crippen molar-refractivity contribution in [2.24, 2.45) is 10.8 Å². The summed E-state index contributed by atoms with van der Waals surface area (Å²) in [4.78, 5) is 11.9. The lowest BCUT2D eigenvalue weighted by molar-refractivity contribution is 0.0904. The fourth-order valence-electron chi connectivity index (χ4n) is 4.05. The normalized spacial score (nSPS) is 22.8. The van der Waals surface area contributed by atoms with Gasteiger partial charge in [0.05, 0.1) is 6.61 Å². The first-order chi connectivity index (χ1) is 11.4. The van der Waals surface area contributed by atoms with Gasteiger partial charge in [0.15, 0.2) is 0 Å². The molecule has 0 radical (unpaired) electrons. The number of rotatable bonds is 7. The van der Waals surface area contributed by atoms with Gasteiger partial charge in [-0.25, -0.2) is 4.79 Å². The van der Waals surface area contributed by atoms with Gasteiger partial charge in [0, 0.05) is 6.54 Å². The van der Waals surface area contributed by atoms with Crippen LogP contribution in [0, 0.1) is 10.8 Å². The van der Waals surface area contributed by atoms with Crippen LogP contribution in [0.4, 0.5) is 4.79 Å². The van der Waals surface area contributed by atoms with Crippen molar-refractivity contribution >= 4 is 6.09 Å². The first-order valence-electron chi connectivity index (χ1n) is 9.33. The lowest BCUT2D eigenvalue weighted by Crippen LogP contribution is -2.41. The van der Waals surface area contributed by atoms with E-state index in [4.69, 9.17) is 4.74 Å². The van der Waals surface area contributed by atoms with Crippen LogP contribution in [-0.4, -0.2) is 19.2 Å². The maximum Gasteiger partial charge on any atom is 0.407 e. The molecule has 1 saturated carbocycles. The van der Waals surface area contributed by atoms with Crippen LogP contribution in [0.2, 0.25) is 0 Å². The van der Waals surface area contributed by atoms with Gasteiger partial charge >= 0.3 is 6.09 Å². The second-order valence-corrected chi connectivity index (χ2v) is 8.44. The molecule has 0 bridgehead atoms. The van der Waals surface area contributed by atoms with Crippen LogP contribution in [-0.2, 0) is 11.2 Å². The Kier molecular flexibility index (Phi) is 6.70. The van der Waals surface area contributed by atoms with E-state index in [0.717, 1.165) is 32.2 Å². The highest BCUT2D eigenvalue weighted by atomic mass is 16.5. The number of benzene rings is 1. The first kappa shape index (κ1) is 18.8. The number of amides is 1. The Hall–Kier alpha value is -1.51. The van der Waals surface area contributed by atoms with E-state index in [0.29, 0.717) is 12.0 Å². The number of hydrogen-bond acceptors (Lipinski definition) is 2. The van der Waals surface area contributed by atoms with Gasteiger partial charge in [-0.1, -0.05) is 57.5 Å². The van der Waals surface area contributed by atoms with Crippen LogP contribution >= 0.6 is 0 Å². The van der Waals surface area contributed by atoms with E-state index < -0.39 is 0 Å². The maximum absolute atomic E-state index is 11.9. The zero-order chi connectivity index (χ0) is 17.5. The molecule has 2 rings (SSSR count). The number of alkyl carbamates (subject to hydrolysis) is 1. The molecule has 134 valence electrons. The SMILES string of the molecule is CC1(C)CCCC(C)(CNC(=O)OCCCCc2ccccc2)C1. The number of aryl methyl sites for hydroxylation is 1. The van der Waals surface area contributed by atoms with Crippen LogP contribution < -0.4 is 5.32 Å². The fraction of sp³-hybridized carbons (Fsp3) is 0.667. The smallest absolute Gasteiger partial charge is 0.407 e. The number of carbonyl (C=O) groups is 1. The lowest BCUT2D eigenvalue weighted by Gasteiger charge is -2.42. The van der Waals surface area contributed by atoms with E-state index >= 15 is 0 Å². The highest BCUT2D eigenvalue weighted by Gasteiger charge is 2.36. The minimum absolute atomic E-state index is 0.202. The summed E-state index contributed by atoms with van der Waals surface area (Å²) >= 11 is 0. The molecule has 0 aromatic heterocycles. The highest BCUT2D eigenvalue weighted by Crippen LogP contribution is 2.45. The summed E-state index contributed by atoms with van der Waals surface area (Å²) in [5.41, 5.74) is 1.93. The minimum Gasteiger partial charge on any atom is -0.450 e. The number of carbonyl (C=O) groups excluding carboxylic acids is 1. The van der Waals surface area contributed by atoms with Crippen molar-refractivity contribution in [1.82, 2.24) is 5.32 Å². The molecule has 1 fully saturated rings. The van der Waals surface area contributed by atoms with Gasteiger partial charge in [0.2, 0.25) is 0 Å².